The lowest BCUT2D eigenvalue weighted by atomic mass is 10.2. The molecule has 0 radical (unpaired) electrons. The Balaban J connectivity index is 1.90. The van der Waals surface area contributed by atoms with Crippen molar-refractivity contribution in [2.75, 3.05) is 7.11 Å². The van der Waals surface area contributed by atoms with Gasteiger partial charge < -0.3 is 10.1 Å². The van der Waals surface area contributed by atoms with Crippen molar-refractivity contribution < 1.29 is 4.74 Å². The number of nitrogens with one attached hydrogen (secondary N) is 1. The van der Waals surface area contributed by atoms with Gasteiger partial charge in [-0.2, -0.15) is 0 Å². The molecule has 0 aliphatic heterocycles. The molecular weight excluding hydrogens is 257 g/mol. The van der Waals surface area contributed by atoms with E-state index in [0.717, 1.165) is 41.4 Å². The van der Waals surface area contributed by atoms with Crippen molar-refractivity contribution in [1.29, 1.82) is 0 Å². The van der Waals surface area contributed by atoms with E-state index in [0.29, 0.717) is 12.1 Å². The van der Waals surface area contributed by atoms with Crippen molar-refractivity contribution in [2.24, 2.45) is 0 Å². The number of methoxy groups -OCH3 is 1. The smallest absolute Gasteiger partial charge is 0.0586 e. The maximum Gasteiger partial charge on any atom is 0.0586 e. The lowest BCUT2D eigenvalue weighted by Crippen LogP contribution is -2.26. The van der Waals surface area contributed by atoms with Gasteiger partial charge in [-0.1, -0.05) is 29.3 Å². The summed E-state index contributed by atoms with van der Waals surface area (Å²) >= 11 is 12.2. The molecule has 1 N–H and O–H groups in total. The number of rotatable bonds is 4. The highest BCUT2D eigenvalue weighted by molar-refractivity contribution is 6.35. The van der Waals surface area contributed by atoms with Crippen LogP contribution in [0.2, 0.25) is 10.0 Å². The molecule has 4 heteroatoms. The molecule has 0 bridgehead atoms. The average molecular weight is 274 g/mol. The lowest BCUT2D eigenvalue weighted by molar-refractivity contribution is 0.107. The number of benzene rings is 1. The van der Waals surface area contributed by atoms with Gasteiger partial charge in [0.25, 0.3) is 0 Å². The first kappa shape index (κ1) is 13.2. The Bertz CT molecular complexity index is 363. The van der Waals surface area contributed by atoms with E-state index < -0.39 is 0 Å². The van der Waals surface area contributed by atoms with Crippen molar-refractivity contribution in [3.63, 3.8) is 0 Å². The second-order valence-electron chi connectivity index (χ2n) is 4.45. The van der Waals surface area contributed by atoms with E-state index in [-0.39, 0.29) is 0 Å². The summed E-state index contributed by atoms with van der Waals surface area (Å²) in [5.41, 5.74) is 0.983. The molecule has 2 rings (SSSR count). The van der Waals surface area contributed by atoms with Crippen LogP contribution >= 0.6 is 23.2 Å². The van der Waals surface area contributed by atoms with Gasteiger partial charge in [0.05, 0.1) is 6.10 Å². The van der Waals surface area contributed by atoms with Crippen LogP contribution < -0.4 is 5.32 Å². The second kappa shape index (κ2) is 6.05. The third-order valence-electron chi connectivity index (χ3n) is 3.35. The van der Waals surface area contributed by atoms with E-state index in [2.05, 4.69) is 5.32 Å². The zero-order valence-electron chi connectivity index (χ0n) is 9.88. The fourth-order valence-electron chi connectivity index (χ4n) is 2.29. The normalized spacial score (nSPS) is 24.2. The van der Waals surface area contributed by atoms with Crippen LogP contribution in [-0.2, 0) is 11.3 Å². The summed E-state index contributed by atoms with van der Waals surface area (Å²) in [7, 11) is 1.78. The monoisotopic (exact) mass is 273 g/mol. The van der Waals surface area contributed by atoms with E-state index >= 15 is 0 Å². The highest BCUT2D eigenvalue weighted by Crippen LogP contribution is 2.26. The maximum absolute atomic E-state index is 6.12. The van der Waals surface area contributed by atoms with Crippen LogP contribution in [0, 0.1) is 0 Å². The molecule has 1 aliphatic rings. The van der Waals surface area contributed by atoms with Gasteiger partial charge in [0.1, 0.15) is 0 Å². The number of hydrogen-bond acceptors (Lipinski definition) is 2. The fourth-order valence-corrected chi connectivity index (χ4v) is 2.82. The number of hydrogen-bond donors (Lipinski definition) is 1. The third kappa shape index (κ3) is 3.35. The molecule has 2 nitrogen and oxygen atoms in total. The minimum absolute atomic E-state index is 0.397. The highest BCUT2D eigenvalue weighted by atomic mass is 35.5. The molecule has 0 heterocycles. The summed E-state index contributed by atoms with van der Waals surface area (Å²) in [6, 6.07) is 6.12. The standard InChI is InChI=1S/C13H17Cl2NO/c1-17-10-6-5-9(7-10)16-8-11-12(14)3-2-4-13(11)15/h2-4,9-10,16H,5-8H2,1H3. The first-order valence-corrected chi connectivity index (χ1v) is 6.65. The zero-order valence-corrected chi connectivity index (χ0v) is 11.4. The quantitative estimate of drug-likeness (QED) is 0.904. The van der Waals surface area contributed by atoms with Crippen molar-refractivity contribution in [3.8, 4) is 0 Å². The minimum atomic E-state index is 0.397. The molecule has 17 heavy (non-hydrogen) atoms. The molecule has 94 valence electrons. The largest absolute Gasteiger partial charge is 0.381 e. The van der Waals surface area contributed by atoms with Crippen molar-refractivity contribution >= 4 is 23.2 Å². The van der Waals surface area contributed by atoms with Crippen molar-refractivity contribution in [1.82, 2.24) is 5.32 Å². The summed E-state index contributed by atoms with van der Waals surface area (Å²) in [6.45, 7) is 0.722. The molecule has 1 aromatic carbocycles. The van der Waals surface area contributed by atoms with Crippen LogP contribution in [0.3, 0.4) is 0 Å². The summed E-state index contributed by atoms with van der Waals surface area (Å²) in [4.78, 5) is 0. The van der Waals surface area contributed by atoms with Gasteiger partial charge in [0.15, 0.2) is 0 Å². The van der Waals surface area contributed by atoms with E-state index in [4.69, 9.17) is 27.9 Å². The van der Waals surface area contributed by atoms with Gasteiger partial charge in [-0.3, -0.25) is 0 Å². The van der Waals surface area contributed by atoms with Crippen LogP contribution in [0.15, 0.2) is 18.2 Å². The van der Waals surface area contributed by atoms with Gasteiger partial charge in [-0.25, -0.2) is 0 Å². The van der Waals surface area contributed by atoms with Gasteiger partial charge in [-0.05, 0) is 31.4 Å². The summed E-state index contributed by atoms with van der Waals surface area (Å²) in [6.07, 6.45) is 3.75. The summed E-state index contributed by atoms with van der Waals surface area (Å²) in [5, 5.41) is 4.95. The average Bonchev–Trinajstić information content (AvgIpc) is 2.76. The molecular formula is C13H17Cl2NO. The fraction of sp³-hybridized carbons (Fsp3) is 0.538. The van der Waals surface area contributed by atoms with Crippen LogP contribution in [-0.4, -0.2) is 19.3 Å². The molecule has 1 fully saturated rings. The van der Waals surface area contributed by atoms with Gasteiger partial charge in [0, 0.05) is 35.3 Å². The van der Waals surface area contributed by atoms with Crippen LogP contribution in [0.1, 0.15) is 24.8 Å². The molecule has 2 unspecified atom stereocenters. The van der Waals surface area contributed by atoms with E-state index in [1.807, 2.05) is 18.2 Å². The lowest BCUT2D eigenvalue weighted by Gasteiger charge is -2.14. The van der Waals surface area contributed by atoms with Gasteiger partial charge in [-0.15, -0.1) is 0 Å². The first-order valence-electron chi connectivity index (χ1n) is 5.89. The molecule has 0 saturated heterocycles. The van der Waals surface area contributed by atoms with Gasteiger partial charge >= 0.3 is 0 Å². The Hall–Kier alpha value is -0.280. The summed E-state index contributed by atoms with van der Waals surface area (Å²) in [5.74, 6) is 0. The third-order valence-corrected chi connectivity index (χ3v) is 4.06. The predicted molar refractivity (Wildman–Crippen MR) is 71.7 cm³/mol. The molecule has 2 atom stereocenters. The van der Waals surface area contributed by atoms with E-state index in [9.17, 15) is 0 Å². The minimum Gasteiger partial charge on any atom is -0.381 e. The highest BCUT2D eigenvalue weighted by Gasteiger charge is 2.24. The first-order chi connectivity index (χ1) is 8.20. The molecule has 1 aromatic rings. The molecule has 0 spiro atoms. The Kier molecular flexibility index (Phi) is 4.69. The second-order valence-corrected chi connectivity index (χ2v) is 5.26. The zero-order chi connectivity index (χ0) is 12.3. The summed E-state index contributed by atoms with van der Waals surface area (Å²) < 4.78 is 5.35. The number of ether oxygens (including phenoxy) is 1. The Morgan fingerprint density at radius 2 is 2.00 bits per heavy atom. The predicted octanol–water partition coefficient (Wildman–Crippen LogP) is 3.65. The Morgan fingerprint density at radius 1 is 1.29 bits per heavy atom. The maximum atomic E-state index is 6.12. The molecule has 0 aromatic heterocycles. The molecule has 0 amide bonds. The molecule has 1 aliphatic carbocycles. The van der Waals surface area contributed by atoms with Crippen molar-refractivity contribution in [2.45, 2.75) is 38.0 Å². The van der Waals surface area contributed by atoms with E-state index in [1.54, 1.807) is 7.11 Å². The Labute approximate surface area is 112 Å². The number of halogens is 2. The topological polar surface area (TPSA) is 21.3 Å². The SMILES string of the molecule is COC1CCC(NCc2c(Cl)cccc2Cl)C1. The van der Waals surface area contributed by atoms with Crippen LogP contribution in [0.25, 0.3) is 0 Å². The van der Waals surface area contributed by atoms with Gasteiger partial charge in [0.2, 0.25) is 0 Å². The molecule has 1 saturated carbocycles. The van der Waals surface area contributed by atoms with E-state index in [1.165, 1.54) is 0 Å². The van der Waals surface area contributed by atoms with Crippen LogP contribution in [0.5, 0.6) is 0 Å². The Morgan fingerprint density at radius 3 is 2.59 bits per heavy atom. The van der Waals surface area contributed by atoms with Crippen molar-refractivity contribution in [3.05, 3.63) is 33.8 Å². The van der Waals surface area contributed by atoms with Crippen LogP contribution in [0.4, 0.5) is 0 Å².